The summed E-state index contributed by atoms with van der Waals surface area (Å²) < 4.78 is 0. The summed E-state index contributed by atoms with van der Waals surface area (Å²) in [5, 5.41) is 3.06. The van der Waals surface area contributed by atoms with E-state index in [9.17, 15) is 9.59 Å². The van der Waals surface area contributed by atoms with Crippen molar-refractivity contribution in [2.45, 2.75) is 39.5 Å². The van der Waals surface area contributed by atoms with Crippen LogP contribution in [0.4, 0.5) is 4.79 Å². The fourth-order valence-electron chi connectivity index (χ4n) is 3.59. The molecule has 138 valence electrons. The molecule has 0 saturated carbocycles. The Morgan fingerprint density at radius 1 is 1.28 bits per heavy atom. The van der Waals surface area contributed by atoms with Gasteiger partial charge in [-0.3, -0.25) is 4.79 Å². The van der Waals surface area contributed by atoms with Gasteiger partial charge in [-0.15, -0.1) is 0 Å². The van der Waals surface area contributed by atoms with Crippen molar-refractivity contribution in [2.75, 3.05) is 33.7 Å². The maximum Gasteiger partial charge on any atom is 0.317 e. The molecular formula is C20H31N3O2. The average Bonchev–Trinajstić information content (AvgIpc) is 3.01. The topological polar surface area (TPSA) is 52.7 Å². The lowest BCUT2D eigenvalue weighted by atomic mass is 9.81. The Kier molecular flexibility index (Phi) is 5.76. The molecule has 1 aliphatic heterocycles. The van der Waals surface area contributed by atoms with Crippen LogP contribution in [0.25, 0.3) is 0 Å². The first-order valence-corrected chi connectivity index (χ1v) is 8.93. The van der Waals surface area contributed by atoms with Crippen LogP contribution in [0.1, 0.15) is 37.0 Å². The molecule has 25 heavy (non-hydrogen) atoms. The number of rotatable bonds is 4. The molecular weight excluding hydrogens is 314 g/mol. The van der Waals surface area contributed by atoms with Gasteiger partial charge in [0.15, 0.2) is 0 Å². The van der Waals surface area contributed by atoms with Crippen molar-refractivity contribution < 1.29 is 9.59 Å². The van der Waals surface area contributed by atoms with Gasteiger partial charge in [-0.25, -0.2) is 4.79 Å². The van der Waals surface area contributed by atoms with Gasteiger partial charge in [0.25, 0.3) is 0 Å². The molecule has 1 unspecified atom stereocenters. The number of urea groups is 1. The van der Waals surface area contributed by atoms with Crippen LogP contribution < -0.4 is 5.32 Å². The summed E-state index contributed by atoms with van der Waals surface area (Å²) in [5.41, 5.74) is 3.60. The standard InChI is InChI=1S/C20H31N3O2/c1-14-7-8-17(15(2)11-14)20(3,4)13-21-19(25)23-10-9-16(12-23)18(24)22(5)6/h7-8,11,16H,9-10,12-13H2,1-6H3,(H,21,25). The van der Waals surface area contributed by atoms with Crippen LogP contribution >= 0.6 is 0 Å². The quantitative estimate of drug-likeness (QED) is 0.912. The number of carbonyl (C=O) groups is 2. The first-order chi connectivity index (χ1) is 11.6. The fraction of sp³-hybridized carbons (Fsp3) is 0.600. The second kappa shape index (κ2) is 7.46. The molecule has 5 heteroatoms. The molecule has 1 aromatic carbocycles. The van der Waals surface area contributed by atoms with Crippen molar-refractivity contribution in [1.82, 2.24) is 15.1 Å². The monoisotopic (exact) mass is 345 g/mol. The molecule has 1 heterocycles. The number of nitrogens with zero attached hydrogens (tertiary/aromatic N) is 2. The molecule has 1 fully saturated rings. The SMILES string of the molecule is Cc1ccc(C(C)(C)CNC(=O)N2CCC(C(=O)N(C)C)C2)c(C)c1. The van der Waals surface area contributed by atoms with Crippen molar-refractivity contribution in [3.63, 3.8) is 0 Å². The van der Waals surface area contributed by atoms with Gasteiger partial charge in [0.05, 0.1) is 5.92 Å². The van der Waals surface area contributed by atoms with E-state index in [0.29, 0.717) is 19.6 Å². The number of aryl methyl sites for hydroxylation is 2. The van der Waals surface area contributed by atoms with Crippen molar-refractivity contribution in [1.29, 1.82) is 0 Å². The summed E-state index contributed by atoms with van der Waals surface area (Å²) in [7, 11) is 3.52. The van der Waals surface area contributed by atoms with E-state index in [-0.39, 0.29) is 23.3 Å². The van der Waals surface area contributed by atoms with Crippen molar-refractivity contribution >= 4 is 11.9 Å². The minimum Gasteiger partial charge on any atom is -0.349 e. The number of nitrogens with one attached hydrogen (secondary N) is 1. The number of hydrogen-bond acceptors (Lipinski definition) is 2. The predicted octanol–water partition coefficient (Wildman–Crippen LogP) is 2.70. The molecule has 5 nitrogen and oxygen atoms in total. The molecule has 0 bridgehead atoms. The van der Waals surface area contributed by atoms with Gasteiger partial charge in [0.1, 0.15) is 0 Å². The van der Waals surface area contributed by atoms with E-state index in [4.69, 9.17) is 0 Å². The molecule has 1 N–H and O–H groups in total. The summed E-state index contributed by atoms with van der Waals surface area (Å²) in [6.07, 6.45) is 0.741. The van der Waals surface area contributed by atoms with E-state index >= 15 is 0 Å². The van der Waals surface area contributed by atoms with Gasteiger partial charge < -0.3 is 15.1 Å². The summed E-state index contributed by atoms with van der Waals surface area (Å²) >= 11 is 0. The minimum atomic E-state index is -0.147. The Hall–Kier alpha value is -2.04. The normalized spacial score (nSPS) is 17.5. The molecule has 2 rings (SSSR count). The maximum absolute atomic E-state index is 12.5. The summed E-state index contributed by atoms with van der Waals surface area (Å²) in [6.45, 7) is 10.2. The fourth-order valence-corrected chi connectivity index (χ4v) is 3.59. The Morgan fingerprint density at radius 2 is 1.96 bits per heavy atom. The number of likely N-dealkylation sites (tertiary alicyclic amines) is 1. The van der Waals surface area contributed by atoms with E-state index in [2.05, 4.69) is 51.2 Å². The van der Waals surface area contributed by atoms with Gasteiger partial charge >= 0.3 is 6.03 Å². The Labute approximate surface area is 151 Å². The lowest BCUT2D eigenvalue weighted by Crippen LogP contribution is -2.44. The molecule has 0 spiro atoms. The van der Waals surface area contributed by atoms with Crippen LogP contribution in [0.15, 0.2) is 18.2 Å². The largest absolute Gasteiger partial charge is 0.349 e. The third-order valence-electron chi connectivity index (χ3n) is 5.06. The first-order valence-electron chi connectivity index (χ1n) is 8.93. The lowest BCUT2D eigenvalue weighted by molar-refractivity contribution is -0.132. The van der Waals surface area contributed by atoms with Gasteiger partial charge in [-0.05, 0) is 31.4 Å². The number of hydrogen-bond donors (Lipinski definition) is 1. The van der Waals surface area contributed by atoms with E-state index in [1.807, 2.05) is 0 Å². The predicted molar refractivity (Wildman–Crippen MR) is 101 cm³/mol. The lowest BCUT2D eigenvalue weighted by Gasteiger charge is -2.29. The number of carbonyl (C=O) groups excluding carboxylic acids is 2. The zero-order valence-corrected chi connectivity index (χ0v) is 16.3. The van der Waals surface area contributed by atoms with Crippen LogP contribution in [0.2, 0.25) is 0 Å². The van der Waals surface area contributed by atoms with E-state index in [0.717, 1.165) is 6.42 Å². The average molecular weight is 345 g/mol. The minimum absolute atomic E-state index is 0.0758. The first kappa shape index (κ1) is 19.3. The molecule has 1 aliphatic rings. The van der Waals surface area contributed by atoms with Crippen LogP contribution in [0.3, 0.4) is 0 Å². The smallest absolute Gasteiger partial charge is 0.317 e. The molecule has 1 saturated heterocycles. The summed E-state index contributed by atoms with van der Waals surface area (Å²) in [5.74, 6) is 0.0269. The Bertz CT molecular complexity index is 652. The van der Waals surface area contributed by atoms with Gasteiger partial charge in [-0.2, -0.15) is 0 Å². The number of benzene rings is 1. The molecule has 0 radical (unpaired) electrons. The Balaban J connectivity index is 1.94. The van der Waals surface area contributed by atoms with Gasteiger partial charge in [0, 0.05) is 39.1 Å². The third-order valence-corrected chi connectivity index (χ3v) is 5.06. The van der Waals surface area contributed by atoms with Crippen molar-refractivity contribution in [3.05, 3.63) is 34.9 Å². The second-order valence-corrected chi connectivity index (χ2v) is 8.03. The second-order valence-electron chi connectivity index (χ2n) is 8.03. The highest BCUT2D eigenvalue weighted by atomic mass is 16.2. The van der Waals surface area contributed by atoms with Gasteiger partial charge in [-0.1, -0.05) is 37.6 Å². The van der Waals surface area contributed by atoms with Crippen molar-refractivity contribution in [3.8, 4) is 0 Å². The molecule has 1 aromatic rings. The zero-order chi connectivity index (χ0) is 18.8. The van der Waals surface area contributed by atoms with Gasteiger partial charge in [0.2, 0.25) is 5.91 Å². The molecule has 3 amide bonds. The molecule has 1 atom stereocenters. The summed E-state index contributed by atoms with van der Waals surface area (Å²) in [6, 6.07) is 6.37. The van der Waals surface area contributed by atoms with Crippen LogP contribution in [0.5, 0.6) is 0 Å². The van der Waals surface area contributed by atoms with E-state index in [1.54, 1.807) is 23.9 Å². The van der Waals surface area contributed by atoms with E-state index < -0.39 is 0 Å². The maximum atomic E-state index is 12.5. The van der Waals surface area contributed by atoms with Crippen LogP contribution in [0, 0.1) is 19.8 Å². The summed E-state index contributed by atoms with van der Waals surface area (Å²) in [4.78, 5) is 27.9. The highest BCUT2D eigenvalue weighted by Gasteiger charge is 2.32. The highest BCUT2D eigenvalue weighted by molar-refractivity contribution is 5.81. The highest BCUT2D eigenvalue weighted by Crippen LogP contribution is 2.26. The van der Waals surface area contributed by atoms with Crippen LogP contribution in [-0.2, 0) is 10.2 Å². The third kappa shape index (κ3) is 4.53. The molecule has 0 aliphatic carbocycles. The zero-order valence-electron chi connectivity index (χ0n) is 16.3. The van der Waals surface area contributed by atoms with E-state index in [1.165, 1.54) is 16.7 Å². The molecule has 0 aromatic heterocycles. The van der Waals surface area contributed by atoms with Crippen LogP contribution in [-0.4, -0.2) is 55.5 Å². The van der Waals surface area contributed by atoms with Crippen molar-refractivity contribution in [2.24, 2.45) is 5.92 Å². The Morgan fingerprint density at radius 3 is 2.56 bits per heavy atom. The number of amides is 3.